The molecule has 2 aromatic carbocycles. The lowest BCUT2D eigenvalue weighted by molar-refractivity contribution is -0.384. The highest BCUT2D eigenvalue weighted by molar-refractivity contribution is 6.34. The molecule has 0 spiro atoms. The van der Waals surface area contributed by atoms with E-state index in [1.54, 1.807) is 24.3 Å². The van der Waals surface area contributed by atoms with Crippen LogP contribution < -0.4 is 5.32 Å². The number of carbonyl (C=O) groups is 2. The maximum Gasteiger partial charge on any atom is 0.331 e. The molecular formula is C18H14Cl2N2O5. The van der Waals surface area contributed by atoms with E-state index in [1.807, 2.05) is 0 Å². The van der Waals surface area contributed by atoms with Crippen LogP contribution >= 0.6 is 23.2 Å². The zero-order chi connectivity index (χ0) is 20.0. The normalized spacial score (nSPS) is 11.8. The van der Waals surface area contributed by atoms with Crippen LogP contribution in [0.5, 0.6) is 0 Å². The minimum atomic E-state index is -1.11. The minimum absolute atomic E-state index is 0.00491. The van der Waals surface area contributed by atoms with Crippen molar-refractivity contribution in [2.75, 3.05) is 5.32 Å². The fourth-order valence-corrected chi connectivity index (χ4v) is 2.41. The third kappa shape index (κ3) is 5.80. The number of nitrogens with one attached hydrogen (secondary N) is 1. The Morgan fingerprint density at radius 3 is 2.52 bits per heavy atom. The van der Waals surface area contributed by atoms with Crippen LogP contribution in [0.3, 0.4) is 0 Å². The average molecular weight is 409 g/mol. The molecule has 0 saturated carbocycles. The van der Waals surface area contributed by atoms with Crippen LogP contribution in [0.25, 0.3) is 6.08 Å². The van der Waals surface area contributed by atoms with Crippen molar-refractivity contribution in [3.8, 4) is 0 Å². The predicted molar refractivity (Wildman–Crippen MR) is 103 cm³/mol. The second-order valence-electron chi connectivity index (χ2n) is 5.34. The van der Waals surface area contributed by atoms with E-state index < -0.39 is 22.9 Å². The number of carbonyl (C=O) groups excluding carboxylic acids is 2. The maximum atomic E-state index is 12.1. The van der Waals surface area contributed by atoms with Crippen molar-refractivity contribution in [2.45, 2.75) is 13.0 Å². The van der Waals surface area contributed by atoms with Crippen molar-refractivity contribution >= 4 is 52.5 Å². The Labute approximate surface area is 164 Å². The third-order valence-corrected chi connectivity index (χ3v) is 4.04. The third-order valence-electron chi connectivity index (χ3n) is 3.39. The van der Waals surface area contributed by atoms with Crippen LogP contribution in [0.2, 0.25) is 10.0 Å². The Hall–Kier alpha value is -2.90. The van der Waals surface area contributed by atoms with Crippen molar-refractivity contribution in [1.29, 1.82) is 0 Å². The molecule has 0 bridgehead atoms. The zero-order valence-corrected chi connectivity index (χ0v) is 15.5. The number of nitro groups is 1. The van der Waals surface area contributed by atoms with E-state index in [9.17, 15) is 19.7 Å². The Kier molecular flexibility index (Phi) is 6.92. The summed E-state index contributed by atoms with van der Waals surface area (Å²) in [5.41, 5.74) is 0.592. The van der Waals surface area contributed by atoms with Crippen LogP contribution in [0.4, 0.5) is 11.4 Å². The molecule has 0 aromatic heterocycles. The quantitative estimate of drug-likeness (QED) is 0.328. The summed E-state index contributed by atoms with van der Waals surface area (Å²) in [6.45, 7) is 1.38. The Morgan fingerprint density at radius 1 is 1.19 bits per heavy atom. The molecule has 0 aliphatic rings. The SMILES string of the molecule is CC(OC(=O)/C=C/c1ccccc1Cl)C(=O)Nc1ccc([N+](=O)[O-])cc1Cl. The highest BCUT2D eigenvalue weighted by Crippen LogP contribution is 2.26. The lowest BCUT2D eigenvalue weighted by atomic mass is 10.2. The number of nitrogens with zero attached hydrogens (tertiary/aromatic N) is 1. The van der Waals surface area contributed by atoms with Crippen LogP contribution in [-0.2, 0) is 14.3 Å². The first-order valence-electron chi connectivity index (χ1n) is 7.66. The molecule has 2 rings (SSSR count). The largest absolute Gasteiger partial charge is 0.449 e. The van der Waals surface area contributed by atoms with Gasteiger partial charge in [-0.3, -0.25) is 14.9 Å². The molecule has 0 aliphatic heterocycles. The molecule has 0 saturated heterocycles. The van der Waals surface area contributed by atoms with Gasteiger partial charge in [0, 0.05) is 23.2 Å². The number of ether oxygens (including phenoxy) is 1. The molecule has 0 fully saturated rings. The van der Waals surface area contributed by atoms with E-state index in [0.717, 1.165) is 12.1 Å². The number of benzene rings is 2. The number of esters is 1. The van der Waals surface area contributed by atoms with Gasteiger partial charge in [-0.1, -0.05) is 41.4 Å². The topological polar surface area (TPSA) is 98.5 Å². The van der Waals surface area contributed by atoms with E-state index in [-0.39, 0.29) is 16.4 Å². The number of non-ortho nitro benzene ring substituents is 1. The van der Waals surface area contributed by atoms with Crippen LogP contribution in [0, 0.1) is 10.1 Å². The number of rotatable bonds is 6. The Morgan fingerprint density at radius 2 is 1.89 bits per heavy atom. The monoisotopic (exact) mass is 408 g/mol. The van der Waals surface area contributed by atoms with E-state index in [2.05, 4.69) is 5.32 Å². The molecule has 140 valence electrons. The van der Waals surface area contributed by atoms with Crippen molar-refractivity contribution < 1.29 is 19.2 Å². The van der Waals surface area contributed by atoms with Gasteiger partial charge in [0.05, 0.1) is 15.6 Å². The Balaban J connectivity index is 1.96. The van der Waals surface area contributed by atoms with Crippen LogP contribution in [0.15, 0.2) is 48.5 Å². The molecule has 2 aromatic rings. The molecule has 7 nitrogen and oxygen atoms in total. The van der Waals surface area contributed by atoms with E-state index in [0.29, 0.717) is 10.6 Å². The Bertz CT molecular complexity index is 914. The number of hydrogen-bond acceptors (Lipinski definition) is 5. The average Bonchev–Trinajstić information content (AvgIpc) is 2.62. The first kappa shape index (κ1) is 20.4. The standard InChI is InChI=1S/C18H14Cl2N2O5/c1-11(27-17(23)9-6-12-4-2-3-5-14(12)19)18(24)21-16-8-7-13(22(25)26)10-15(16)20/h2-11H,1H3,(H,21,24)/b9-6+. The number of nitro benzene ring substituents is 1. The van der Waals surface area contributed by atoms with Crippen molar-refractivity contribution in [1.82, 2.24) is 0 Å². The number of amides is 1. The number of anilines is 1. The molecule has 1 amide bonds. The molecule has 1 unspecified atom stereocenters. The summed E-state index contributed by atoms with van der Waals surface area (Å²) >= 11 is 11.9. The van der Waals surface area contributed by atoms with Gasteiger partial charge in [-0.2, -0.15) is 0 Å². The van der Waals surface area contributed by atoms with Gasteiger partial charge in [0.1, 0.15) is 0 Å². The predicted octanol–water partition coefficient (Wildman–Crippen LogP) is 4.49. The molecule has 27 heavy (non-hydrogen) atoms. The maximum absolute atomic E-state index is 12.1. The van der Waals surface area contributed by atoms with Gasteiger partial charge in [-0.05, 0) is 30.7 Å². The second kappa shape index (κ2) is 9.16. The van der Waals surface area contributed by atoms with Gasteiger partial charge in [0.25, 0.3) is 11.6 Å². The second-order valence-corrected chi connectivity index (χ2v) is 6.16. The summed E-state index contributed by atoms with van der Waals surface area (Å²) in [5.74, 6) is -1.36. The summed E-state index contributed by atoms with van der Waals surface area (Å²) < 4.78 is 5.02. The first-order chi connectivity index (χ1) is 12.8. The fourth-order valence-electron chi connectivity index (χ4n) is 1.99. The van der Waals surface area contributed by atoms with E-state index >= 15 is 0 Å². The molecule has 0 radical (unpaired) electrons. The van der Waals surface area contributed by atoms with E-state index in [1.165, 1.54) is 25.1 Å². The molecule has 0 aliphatic carbocycles. The molecule has 1 N–H and O–H groups in total. The number of halogens is 2. The summed E-state index contributed by atoms with van der Waals surface area (Å²) in [6.07, 6.45) is 1.52. The van der Waals surface area contributed by atoms with Gasteiger partial charge < -0.3 is 10.1 Å². The summed E-state index contributed by atoms with van der Waals surface area (Å²) in [5, 5.41) is 13.6. The minimum Gasteiger partial charge on any atom is -0.449 e. The summed E-state index contributed by atoms with van der Waals surface area (Å²) in [6, 6.07) is 10.5. The van der Waals surface area contributed by atoms with Crippen LogP contribution in [0.1, 0.15) is 12.5 Å². The first-order valence-corrected chi connectivity index (χ1v) is 8.41. The number of hydrogen-bond donors (Lipinski definition) is 1. The lowest BCUT2D eigenvalue weighted by Crippen LogP contribution is -2.29. The molecule has 0 heterocycles. The summed E-state index contributed by atoms with van der Waals surface area (Å²) in [7, 11) is 0. The smallest absolute Gasteiger partial charge is 0.331 e. The highest BCUT2D eigenvalue weighted by atomic mass is 35.5. The van der Waals surface area contributed by atoms with Crippen molar-refractivity contribution in [2.24, 2.45) is 0 Å². The molecular weight excluding hydrogens is 395 g/mol. The van der Waals surface area contributed by atoms with Crippen molar-refractivity contribution in [3.63, 3.8) is 0 Å². The summed E-state index contributed by atoms with van der Waals surface area (Å²) in [4.78, 5) is 34.1. The molecule has 1 atom stereocenters. The van der Waals surface area contributed by atoms with Gasteiger partial charge in [-0.15, -0.1) is 0 Å². The lowest BCUT2D eigenvalue weighted by Gasteiger charge is -2.13. The zero-order valence-electron chi connectivity index (χ0n) is 14.0. The van der Waals surface area contributed by atoms with Crippen molar-refractivity contribution in [3.05, 3.63) is 74.3 Å². The van der Waals surface area contributed by atoms with E-state index in [4.69, 9.17) is 27.9 Å². The molecule has 9 heteroatoms. The van der Waals surface area contributed by atoms with Gasteiger partial charge in [-0.25, -0.2) is 4.79 Å². The van der Waals surface area contributed by atoms with Gasteiger partial charge >= 0.3 is 5.97 Å². The fraction of sp³-hybridized carbons (Fsp3) is 0.111. The van der Waals surface area contributed by atoms with Gasteiger partial charge in [0.2, 0.25) is 0 Å². The van der Waals surface area contributed by atoms with Gasteiger partial charge in [0.15, 0.2) is 6.10 Å². The highest BCUT2D eigenvalue weighted by Gasteiger charge is 2.19. The van der Waals surface area contributed by atoms with Crippen LogP contribution in [-0.4, -0.2) is 22.9 Å².